The zero-order valence-electron chi connectivity index (χ0n) is 20.3. The van der Waals surface area contributed by atoms with Crippen molar-refractivity contribution in [1.82, 2.24) is 20.0 Å². The highest BCUT2D eigenvalue weighted by Crippen LogP contribution is 2.30. The summed E-state index contributed by atoms with van der Waals surface area (Å²) in [6.45, 7) is 2.66. The number of rotatable bonds is 7. The van der Waals surface area contributed by atoms with Crippen molar-refractivity contribution in [3.05, 3.63) is 69.9 Å². The van der Waals surface area contributed by atoms with Crippen molar-refractivity contribution in [3.8, 4) is 0 Å². The normalized spacial score (nSPS) is 19.6. The molecule has 0 aliphatic carbocycles. The van der Waals surface area contributed by atoms with Gasteiger partial charge in [0.2, 0.25) is 11.8 Å². The number of aromatic nitrogens is 2. The van der Waals surface area contributed by atoms with Gasteiger partial charge in [-0.2, -0.15) is 5.10 Å². The molecule has 2 unspecified atom stereocenters. The van der Waals surface area contributed by atoms with Gasteiger partial charge in [0.25, 0.3) is 5.56 Å². The number of aromatic amines is 1. The number of hydrogen-bond acceptors (Lipinski definition) is 5. The molecule has 2 amide bonds. The van der Waals surface area contributed by atoms with Crippen LogP contribution in [0.5, 0.6) is 0 Å². The molecule has 2 atom stereocenters. The van der Waals surface area contributed by atoms with E-state index < -0.39 is 5.82 Å². The molecule has 2 aliphatic heterocycles. The number of benzene rings is 2. The molecule has 8 nitrogen and oxygen atoms in total. The highest BCUT2D eigenvalue weighted by Gasteiger charge is 2.40. The predicted molar refractivity (Wildman–Crippen MR) is 135 cm³/mol. The Kier molecular flexibility index (Phi) is 6.82. The van der Waals surface area contributed by atoms with Gasteiger partial charge in [0.15, 0.2) is 0 Å². The van der Waals surface area contributed by atoms with Crippen LogP contribution >= 0.6 is 0 Å². The lowest BCUT2D eigenvalue weighted by Gasteiger charge is -2.20. The fraction of sp³-hybridized carbons (Fsp3) is 0.407. The van der Waals surface area contributed by atoms with Gasteiger partial charge in [-0.15, -0.1) is 0 Å². The fourth-order valence-electron chi connectivity index (χ4n) is 5.42. The summed E-state index contributed by atoms with van der Waals surface area (Å²) < 4.78 is 14.4. The number of H-pyrrole nitrogens is 1. The second-order valence-corrected chi connectivity index (χ2v) is 9.83. The second-order valence-electron chi connectivity index (χ2n) is 9.83. The van der Waals surface area contributed by atoms with Crippen LogP contribution in [0.15, 0.2) is 47.3 Å². The Morgan fingerprint density at radius 2 is 1.94 bits per heavy atom. The van der Waals surface area contributed by atoms with E-state index in [4.69, 9.17) is 0 Å². The van der Waals surface area contributed by atoms with E-state index in [0.29, 0.717) is 42.3 Å². The molecule has 2 N–H and O–H groups in total. The van der Waals surface area contributed by atoms with E-state index >= 15 is 0 Å². The molecule has 0 bridgehead atoms. The third-order valence-corrected chi connectivity index (χ3v) is 7.42. The Labute approximate surface area is 208 Å². The van der Waals surface area contributed by atoms with E-state index in [1.807, 2.05) is 17.0 Å². The summed E-state index contributed by atoms with van der Waals surface area (Å²) in [6.07, 6.45) is 2.36. The number of carbonyl (C=O) groups is 2. The molecule has 3 heterocycles. The number of nitrogens with one attached hydrogen (secondary N) is 2. The summed E-state index contributed by atoms with van der Waals surface area (Å²) >= 11 is 0. The van der Waals surface area contributed by atoms with Crippen LogP contribution in [0.4, 0.5) is 10.1 Å². The molecule has 0 spiro atoms. The van der Waals surface area contributed by atoms with E-state index in [-0.39, 0.29) is 29.5 Å². The van der Waals surface area contributed by atoms with E-state index in [2.05, 4.69) is 27.5 Å². The van der Waals surface area contributed by atoms with E-state index in [9.17, 15) is 18.8 Å². The number of anilines is 1. The zero-order chi connectivity index (χ0) is 25.2. The van der Waals surface area contributed by atoms with Crippen molar-refractivity contribution in [3.63, 3.8) is 0 Å². The van der Waals surface area contributed by atoms with E-state index in [0.717, 1.165) is 37.0 Å². The molecule has 9 heteroatoms. The molecule has 0 saturated carbocycles. The van der Waals surface area contributed by atoms with Crippen LogP contribution < -0.4 is 10.9 Å². The summed E-state index contributed by atoms with van der Waals surface area (Å²) in [5.74, 6) is -0.221. The first-order valence-corrected chi connectivity index (χ1v) is 12.4. The first kappa shape index (κ1) is 24.1. The Balaban J connectivity index is 1.16. The number of fused-ring (bicyclic) bond motifs is 2. The average Bonchev–Trinajstić information content (AvgIpc) is 3.45. The minimum Gasteiger partial charge on any atom is -0.341 e. The number of nitrogens with zero attached hydrogens (tertiary/aromatic N) is 3. The number of amides is 2. The largest absolute Gasteiger partial charge is 0.341 e. The van der Waals surface area contributed by atoms with E-state index in [1.165, 1.54) is 6.07 Å². The van der Waals surface area contributed by atoms with Crippen molar-refractivity contribution >= 4 is 28.3 Å². The van der Waals surface area contributed by atoms with Crippen molar-refractivity contribution in [2.45, 2.75) is 38.1 Å². The Hall–Kier alpha value is -3.59. The van der Waals surface area contributed by atoms with Crippen LogP contribution in [-0.2, 0) is 16.0 Å². The lowest BCUT2D eigenvalue weighted by atomic mass is 10.0. The maximum Gasteiger partial charge on any atom is 0.272 e. The van der Waals surface area contributed by atoms with E-state index in [1.54, 1.807) is 24.3 Å². The maximum atomic E-state index is 14.4. The molecule has 0 radical (unpaired) electrons. The Bertz CT molecular complexity index is 1360. The van der Waals surface area contributed by atoms with Gasteiger partial charge >= 0.3 is 0 Å². The molecule has 2 aromatic carbocycles. The summed E-state index contributed by atoms with van der Waals surface area (Å²) in [5.41, 5.74) is 1.23. The van der Waals surface area contributed by atoms with Gasteiger partial charge in [-0.05, 0) is 56.1 Å². The third kappa shape index (κ3) is 5.02. The first-order chi connectivity index (χ1) is 17.4. The van der Waals surface area contributed by atoms with Crippen LogP contribution in [-0.4, -0.2) is 64.5 Å². The number of likely N-dealkylation sites (N-methyl/N-ethyl adjacent to an activating group) is 1. The topological polar surface area (TPSA) is 98.4 Å². The average molecular weight is 492 g/mol. The fourth-order valence-corrected chi connectivity index (χ4v) is 5.42. The first-order valence-electron chi connectivity index (χ1n) is 12.4. The van der Waals surface area contributed by atoms with Gasteiger partial charge in [-0.25, -0.2) is 9.49 Å². The number of hydrogen-bond donors (Lipinski definition) is 2. The molecule has 2 saturated heterocycles. The van der Waals surface area contributed by atoms with Crippen molar-refractivity contribution in [2.24, 2.45) is 5.92 Å². The van der Waals surface area contributed by atoms with Gasteiger partial charge in [0.05, 0.1) is 16.8 Å². The molecular weight excluding hydrogens is 461 g/mol. The van der Waals surface area contributed by atoms with Crippen LogP contribution in [0, 0.1) is 11.7 Å². The van der Waals surface area contributed by atoms with Crippen molar-refractivity contribution < 1.29 is 14.0 Å². The van der Waals surface area contributed by atoms with Gasteiger partial charge < -0.3 is 15.1 Å². The maximum absolute atomic E-state index is 14.4. The Morgan fingerprint density at radius 3 is 2.75 bits per heavy atom. The van der Waals surface area contributed by atoms with Crippen molar-refractivity contribution in [1.29, 1.82) is 0 Å². The molecule has 2 fully saturated rings. The predicted octanol–water partition coefficient (Wildman–Crippen LogP) is 2.92. The van der Waals surface area contributed by atoms with Crippen molar-refractivity contribution in [2.75, 3.05) is 32.0 Å². The van der Waals surface area contributed by atoms with Gasteiger partial charge in [-0.3, -0.25) is 14.4 Å². The number of likely N-dealkylation sites (tertiary alicyclic amines) is 2. The van der Waals surface area contributed by atoms with Gasteiger partial charge in [0, 0.05) is 43.8 Å². The number of carbonyl (C=O) groups excluding carboxylic acids is 2. The molecule has 1 aromatic heterocycles. The number of halogens is 1. The highest BCUT2D eigenvalue weighted by molar-refractivity contribution is 5.91. The smallest absolute Gasteiger partial charge is 0.272 e. The van der Waals surface area contributed by atoms with Gasteiger partial charge in [-0.1, -0.05) is 24.3 Å². The molecule has 36 heavy (non-hydrogen) atoms. The van der Waals surface area contributed by atoms with Gasteiger partial charge in [0.1, 0.15) is 5.82 Å². The van der Waals surface area contributed by atoms with Crippen LogP contribution in [0.2, 0.25) is 0 Å². The monoisotopic (exact) mass is 491 g/mol. The molecule has 188 valence electrons. The lowest BCUT2D eigenvalue weighted by Crippen LogP contribution is -2.35. The summed E-state index contributed by atoms with van der Waals surface area (Å²) in [4.78, 5) is 41.4. The quantitative estimate of drug-likeness (QED) is 0.530. The third-order valence-electron chi connectivity index (χ3n) is 7.42. The SMILES string of the molecule is CN1CCC2CN(C(=O)CCCC(=O)Nc3cc(Cc4n[nH]c(=O)c5ccccc45)ccc3F)CC21. The molecule has 5 rings (SSSR count). The molecule has 3 aromatic rings. The molecule has 2 aliphatic rings. The summed E-state index contributed by atoms with van der Waals surface area (Å²) in [6, 6.07) is 12.2. The van der Waals surface area contributed by atoms with Crippen LogP contribution in [0.3, 0.4) is 0 Å². The van der Waals surface area contributed by atoms with Crippen LogP contribution in [0.1, 0.15) is 36.9 Å². The Morgan fingerprint density at radius 1 is 1.14 bits per heavy atom. The minimum atomic E-state index is -0.532. The minimum absolute atomic E-state index is 0.0828. The highest BCUT2D eigenvalue weighted by atomic mass is 19.1. The summed E-state index contributed by atoms with van der Waals surface area (Å²) in [5, 5.41) is 10.6. The van der Waals surface area contributed by atoms with Crippen LogP contribution in [0.25, 0.3) is 10.8 Å². The zero-order valence-corrected chi connectivity index (χ0v) is 20.3. The lowest BCUT2D eigenvalue weighted by molar-refractivity contribution is -0.130. The second kappa shape index (κ2) is 10.2. The summed E-state index contributed by atoms with van der Waals surface area (Å²) in [7, 11) is 2.11. The molecular formula is C27H30FN5O3. The standard InChI is InChI=1S/C27H30FN5O3/c1-32-12-11-18-15-33(16-24(18)32)26(35)8-4-7-25(34)29-23-14-17(9-10-21(23)28)13-22-19-5-2-3-6-20(19)27(36)31-30-22/h2-3,5-6,9-10,14,18,24H,4,7-8,11-13,15-16H2,1H3,(H,29,34)(H,31,36).